The van der Waals surface area contributed by atoms with Gasteiger partial charge < -0.3 is 14.4 Å². The van der Waals surface area contributed by atoms with E-state index >= 15 is 0 Å². The van der Waals surface area contributed by atoms with Gasteiger partial charge in [-0.15, -0.1) is 10.2 Å². The summed E-state index contributed by atoms with van der Waals surface area (Å²) in [6.07, 6.45) is 0.795. The standard InChI is InChI=1S/C24H24N4O3S/c1-15-10-17-6-4-5-7-19(17)28-23(15)25-26-24(28)32-14-22(29)27-9-8-16-11-20(30-2)21(31-3)12-18(16)13-27/h4-7,10-12H,8-9,13-14H2,1-3H3. The maximum atomic E-state index is 13.0. The van der Waals surface area contributed by atoms with Crippen LogP contribution in [0, 0.1) is 6.92 Å². The summed E-state index contributed by atoms with van der Waals surface area (Å²) in [5.74, 6) is 1.81. The van der Waals surface area contributed by atoms with Gasteiger partial charge in [-0.2, -0.15) is 0 Å². The highest BCUT2D eigenvalue weighted by Crippen LogP contribution is 2.33. The number of aromatic nitrogens is 3. The number of para-hydroxylation sites is 1. The molecule has 0 saturated heterocycles. The quantitative estimate of drug-likeness (QED) is 0.432. The Labute approximate surface area is 190 Å². The number of pyridine rings is 1. The van der Waals surface area contributed by atoms with Crippen molar-refractivity contribution < 1.29 is 14.3 Å². The second kappa shape index (κ2) is 8.35. The van der Waals surface area contributed by atoms with Crippen molar-refractivity contribution in [1.29, 1.82) is 0 Å². The molecular weight excluding hydrogens is 424 g/mol. The fourth-order valence-electron chi connectivity index (χ4n) is 4.26. The molecule has 1 aliphatic rings. The van der Waals surface area contributed by atoms with Gasteiger partial charge in [-0.05, 0) is 59.7 Å². The van der Waals surface area contributed by atoms with Crippen LogP contribution in [0.15, 0.2) is 47.6 Å². The van der Waals surface area contributed by atoms with Gasteiger partial charge in [0.25, 0.3) is 0 Å². The van der Waals surface area contributed by atoms with Gasteiger partial charge in [-0.25, -0.2) is 0 Å². The molecule has 0 bridgehead atoms. The second-order valence-electron chi connectivity index (χ2n) is 7.86. The lowest BCUT2D eigenvalue weighted by Gasteiger charge is -2.29. The van der Waals surface area contributed by atoms with Gasteiger partial charge in [0.2, 0.25) is 5.91 Å². The molecule has 0 atom stereocenters. The third kappa shape index (κ3) is 3.54. The molecular formula is C24H24N4O3S. The third-order valence-corrected chi connectivity index (χ3v) is 6.84. The van der Waals surface area contributed by atoms with Crippen LogP contribution in [0.25, 0.3) is 16.6 Å². The van der Waals surface area contributed by atoms with Crippen LogP contribution in [0.5, 0.6) is 11.5 Å². The molecule has 1 amide bonds. The van der Waals surface area contributed by atoms with Gasteiger partial charge in [0.1, 0.15) is 0 Å². The summed E-state index contributed by atoms with van der Waals surface area (Å²) < 4.78 is 12.9. The fraction of sp³-hybridized carbons (Fsp3) is 0.292. The van der Waals surface area contributed by atoms with Crippen LogP contribution < -0.4 is 9.47 Å². The lowest BCUT2D eigenvalue weighted by Crippen LogP contribution is -2.37. The van der Waals surface area contributed by atoms with Crippen LogP contribution in [0.2, 0.25) is 0 Å². The molecule has 0 N–H and O–H groups in total. The zero-order chi connectivity index (χ0) is 22.2. The number of amides is 1. The molecule has 5 rings (SSSR count). The first-order chi connectivity index (χ1) is 15.6. The number of aryl methyl sites for hydroxylation is 1. The van der Waals surface area contributed by atoms with E-state index in [1.165, 1.54) is 17.3 Å². The van der Waals surface area contributed by atoms with Gasteiger partial charge in [0, 0.05) is 13.1 Å². The molecule has 1 aliphatic heterocycles. The predicted octanol–water partition coefficient (Wildman–Crippen LogP) is 3.89. The first-order valence-electron chi connectivity index (χ1n) is 10.5. The minimum absolute atomic E-state index is 0.0872. The van der Waals surface area contributed by atoms with Crippen LogP contribution in [-0.4, -0.2) is 51.9 Å². The molecule has 0 saturated carbocycles. The molecule has 0 aliphatic carbocycles. The summed E-state index contributed by atoms with van der Waals surface area (Å²) in [5, 5.41) is 10.6. The van der Waals surface area contributed by atoms with Gasteiger partial charge >= 0.3 is 0 Å². The van der Waals surface area contributed by atoms with Crippen molar-refractivity contribution in [2.24, 2.45) is 0 Å². The van der Waals surface area contributed by atoms with E-state index < -0.39 is 0 Å². The fourth-order valence-corrected chi connectivity index (χ4v) is 5.11. The van der Waals surface area contributed by atoms with E-state index in [-0.39, 0.29) is 5.91 Å². The molecule has 0 fully saturated rings. The zero-order valence-electron chi connectivity index (χ0n) is 18.3. The number of rotatable bonds is 5. The molecule has 0 spiro atoms. The van der Waals surface area contributed by atoms with Crippen molar-refractivity contribution in [1.82, 2.24) is 19.5 Å². The molecule has 8 heteroatoms. The van der Waals surface area contributed by atoms with E-state index in [0.29, 0.717) is 24.6 Å². The number of carbonyl (C=O) groups is 1. The molecule has 0 unspecified atom stereocenters. The van der Waals surface area contributed by atoms with Crippen LogP contribution in [-0.2, 0) is 17.8 Å². The molecule has 7 nitrogen and oxygen atoms in total. The van der Waals surface area contributed by atoms with Crippen molar-refractivity contribution in [3.8, 4) is 11.5 Å². The Morgan fingerprint density at radius 3 is 2.59 bits per heavy atom. The Hall–Kier alpha value is -3.26. The highest BCUT2D eigenvalue weighted by atomic mass is 32.2. The summed E-state index contributed by atoms with van der Waals surface area (Å²) in [7, 11) is 3.26. The molecule has 0 radical (unpaired) electrons. The lowest BCUT2D eigenvalue weighted by molar-refractivity contribution is -0.129. The number of fused-ring (bicyclic) bond motifs is 4. The molecule has 4 aromatic rings. The first kappa shape index (κ1) is 20.6. The number of benzene rings is 2. The zero-order valence-corrected chi connectivity index (χ0v) is 19.1. The highest BCUT2D eigenvalue weighted by molar-refractivity contribution is 7.99. The van der Waals surface area contributed by atoms with Crippen LogP contribution >= 0.6 is 11.8 Å². The highest BCUT2D eigenvalue weighted by Gasteiger charge is 2.23. The summed E-state index contributed by atoms with van der Waals surface area (Å²) in [4.78, 5) is 14.9. The van der Waals surface area contributed by atoms with Crippen LogP contribution in [0.3, 0.4) is 0 Å². The van der Waals surface area contributed by atoms with Gasteiger partial charge in [0.05, 0.1) is 25.5 Å². The minimum Gasteiger partial charge on any atom is -0.493 e. The molecule has 3 heterocycles. The summed E-state index contributed by atoms with van der Waals surface area (Å²) in [6, 6.07) is 14.3. The number of ether oxygens (including phenoxy) is 2. The third-order valence-electron chi connectivity index (χ3n) is 5.93. The largest absolute Gasteiger partial charge is 0.493 e. The Kier molecular flexibility index (Phi) is 5.38. The molecule has 32 heavy (non-hydrogen) atoms. The monoisotopic (exact) mass is 448 g/mol. The topological polar surface area (TPSA) is 69.0 Å². The Bertz CT molecular complexity index is 1330. The number of thioether (sulfide) groups is 1. The number of carbonyl (C=O) groups excluding carboxylic acids is 1. The Morgan fingerprint density at radius 2 is 1.81 bits per heavy atom. The predicted molar refractivity (Wildman–Crippen MR) is 125 cm³/mol. The normalized spacial score (nSPS) is 13.4. The van der Waals surface area contributed by atoms with Crippen LogP contribution in [0.1, 0.15) is 16.7 Å². The van der Waals surface area contributed by atoms with E-state index in [0.717, 1.165) is 45.0 Å². The van der Waals surface area contributed by atoms with Crippen molar-refractivity contribution in [2.45, 2.75) is 25.0 Å². The Morgan fingerprint density at radius 1 is 1.06 bits per heavy atom. The summed E-state index contributed by atoms with van der Waals surface area (Å²) in [5.41, 5.74) is 5.23. The summed E-state index contributed by atoms with van der Waals surface area (Å²) >= 11 is 1.43. The van der Waals surface area contributed by atoms with E-state index in [4.69, 9.17) is 9.47 Å². The SMILES string of the molecule is COc1cc2c(cc1OC)CN(C(=O)CSc1nnc3c(C)cc4ccccc4n13)CC2. The molecule has 164 valence electrons. The van der Waals surface area contributed by atoms with Gasteiger partial charge in [-0.1, -0.05) is 30.0 Å². The average Bonchev–Trinajstić information content (AvgIpc) is 3.26. The smallest absolute Gasteiger partial charge is 0.233 e. The van der Waals surface area contributed by atoms with Crippen LogP contribution in [0.4, 0.5) is 0 Å². The van der Waals surface area contributed by atoms with E-state index in [2.05, 4.69) is 28.4 Å². The average molecular weight is 449 g/mol. The lowest BCUT2D eigenvalue weighted by atomic mass is 9.99. The second-order valence-corrected chi connectivity index (χ2v) is 8.80. The number of methoxy groups -OCH3 is 2. The molecule has 2 aromatic carbocycles. The number of hydrogen-bond donors (Lipinski definition) is 0. The van der Waals surface area contributed by atoms with E-state index in [1.54, 1.807) is 14.2 Å². The Balaban J connectivity index is 1.35. The maximum absolute atomic E-state index is 13.0. The first-order valence-corrected chi connectivity index (χ1v) is 11.5. The molecule has 2 aromatic heterocycles. The van der Waals surface area contributed by atoms with Crippen molar-refractivity contribution >= 4 is 34.2 Å². The van der Waals surface area contributed by atoms with Crippen molar-refractivity contribution in [2.75, 3.05) is 26.5 Å². The summed E-state index contributed by atoms with van der Waals surface area (Å²) in [6.45, 7) is 3.28. The van der Waals surface area contributed by atoms with Crippen molar-refractivity contribution in [3.63, 3.8) is 0 Å². The van der Waals surface area contributed by atoms with Gasteiger partial charge in [-0.3, -0.25) is 9.20 Å². The minimum atomic E-state index is 0.0872. The number of nitrogens with zero attached hydrogens (tertiary/aromatic N) is 4. The van der Waals surface area contributed by atoms with Gasteiger partial charge in [0.15, 0.2) is 22.3 Å². The van der Waals surface area contributed by atoms with Crippen molar-refractivity contribution in [3.05, 3.63) is 59.2 Å². The number of hydrogen-bond acceptors (Lipinski definition) is 6. The maximum Gasteiger partial charge on any atom is 0.233 e. The van der Waals surface area contributed by atoms with E-state index in [9.17, 15) is 4.79 Å². The van der Waals surface area contributed by atoms with E-state index in [1.807, 2.05) is 40.5 Å².